The van der Waals surface area contributed by atoms with E-state index in [1.165, 1.54) is 0 Å². The van der Waals surface area contributed by atoms with Crippen LogP contribution in [0.2, 0.25) is 0 Å². The molecule has 0 aromatic heterocycles. The van der Waals surface area contributed by atoms with Gasteiger partial charge in [0.25, 0.3) is 5.91 Å². The summed E-state index contributed by atoms with van der Waals surface area (Å²) < 4.78 is 0. The Kier molecular flexibility index (Phi) is 5.23. The van der Waals surface area contributed by atoms with Gasteiger partial charge in [-0.3, -0.25) is 9.59 Å². The van der Waals surface area contributed by atoms with Crippen LogP contribution in [0.5, 0.6) is 0 Å². The second-order valence-corrected chi connectivity index (χ2v) is 5.91. The molecule has 1 fully saturated rings. The lowest BCUT2D eigenvalue weighted by Crippen LogP contribution is -2.27. The predicted molar refractivity (Wildman–Crippen MR) is 95.1 cm³/mol. The van der Waals surface area contributed by atoms with Gasteiger partial charge in [0.2, 0.25) is 5.91 Å². The molecule has 1 aliphatic rings. The van der Waals surface area contributed by atoms with Crippen molar-refractivity contribution in [2.75, 3.05) is 17.2 Å². The number of carbonyl (C=O) groups excluding carboxylic acids is 2. The Hall–Kier alpha value is -2.66. The minimum atomic E-state index is -0.199. The van der Waals surface area contributed by atoms with Crippen LogP contribution in [0.4, 0.5) is 11.4 Å². The zero-order valence-corrected chi connectivity index (χ0v) is 13.4. The zero-order chi connectivity index (χ0) is 16.8. The van der Waals surface area contributed by atoms with E-state index in [1.807, 2.05) is 30.3 Å². The van der Waals surface area contributed by atoms with E-state index in [0.717, 1.165) is 19.4 Å². The quantitative estimate of drug-likeness (QED) is 0.792. The van der Waals surface area contributed by atoms with Crippen molar-refractivity contribution in [2.45, 2.75) is 25.3 Å². The van der Waals surface area contributed by atoms with Gasteiger partial charge in [0.1, 0.15) is 0 Å². The van der Waals surface area contributed by atoms with Crippen LogP contribution in [-0.4, -0.2) is 24.4 Å². The number of hydrogen-bond donors (Lipinski definition) is 3. The van der Waals surface area contributed by atoms with Crippen molar-refractivity contribution in [3.63, 3.8) is 0 Å². The summed E-state index contributed by atoms with van der Waals surface area (Å²) in [7, 11) is 0. The van der Waals surface area contributed by atoms with Gasteiger partial charge in [0.05, 0.1) is 11.4 Å². The summed E-state index contributed by atoms with van der Waals surface area (Å²) in [5, 5.41) is 9.07. The largest absolute Gasteiger partial charge is 0.324 e. The van der Waals surface area contributed by atoms with E-state index < -0.39 is 0 Å². The molecule has 1 unspecified atom stereocenters. The van der Waals surface area contributed by atoms with Gasteiger partial charge in [-0.05, 0) is 43.7 Å². The molecule has 0 spiro atoms. The molecule has 2 amide bonds. The van der Waals surface area contributed by atoms with E-state index in [2.05, 4.69) is 16.0 Å². The smallest absolute Gasteiger partial charge is 0.255 e. The van der Waals surface area contributed by atoms with Crippen molar-refractivity contribution in [2.24, 2.45) is 0 Å². The van der Waals surface area contributed by atoms with Gasteiger partial charge in [-0.1, -0.05) is 30.3 Å². The average Bonchev–Trinajstić information content (AvgIpc) is 3.10. The first-order valence-electron chi connectivity index (χ1n) is 8.21. The third-order valence-corrected chi connectivity index (χ3v) is 4.08. The molecular weight excluding hydrogens is 302 g/mol. The lowest BCUT2D eigenvalue weighted by atomic mass is 10.1. The summed E-state index contributed by atoms with van der Waals surface area (Å²) in [6.07, 6.45) is 2.59. The molecule has 0 bridgehead atoms. The summed E-state index contributed by atoms with van der Waals surface area (Å²) in [6.45, 7) is 0.974. The van der Waals surface area contributed by atoms with E-state index in [4.69, 9.17) is 0 Å². The Bertz CT molecular complexity index is 710. The minimum absolute atomic E-state index is 0.0455. The van der Waals surface area contributed by atoms with Gasteiger partial charge in [0, 0.05) is 18.0 Å². The third-order valence-electron chi connectivity index (χ3n) is 4.08. The van der Waals surface area contributed by atoms with Crippen LogP contribution in [0.25, 0.3) is 0 Å². The first-order valence-corrected chi connectivity index (χ1v) is 8.21. The van der Waals surface area contributed by atoms with Crippen molar-refractivity contribution in [3.8, 4) is 0 Å². The van der Waals surface area contributed by atoms with Crippen LogP contribution in [0.1, 0.15) is 29.6 Å². The Morgan fingerprint density at radius 3 is 2.29 bits per heavy atom. The number of rotatable bonds is 5. The van der Waals surface area contributed by atoms with Gasteiger partial charge >= 0.3 is 0 Å². The lowest BCUT2D eigenvalue weighted by molar-refractivity contribution is -0.116. The van der Waals surface area contributed by atoms with Crippen LogP contribution in [0.3, 0.4) is 0 Å². The first-order chi connectivity index (χ1) is 11.7. The normalized spacial score (nSPS) is 16.6. The second-order valence-electron chi connectivity index (χ2n) is 5.91. The van der Waals surface area contributed by atoms with Crippen LogP contribution in [0, 0.1) is 0 Å². The number of hydrogen-bond acceptors (Lipinski definition) is 3. The molecule has 1 heterocycles. The maximum Gasteiger partial charge on any atom is 0.255 e. The van der Waals surface area contributed by atoms with E-state index >= 15 is 0 Å². The van der Waals surface area contributed by atoms with Gasteiger partial charge in [-0.2, -0.15) is 0 Å². The highest BCUT2D eigenvalue weighted by Gasteiger charge is 2.18. The van der Waals surface area contributed by atoms with Crippen LogP contribution in [-0.2, 0) is 4.79 Å². The molecule has 3 N–H and O–H groups in total. The summed E-state index contributed by atoms with van der Waals surface area (Å²) >= 11 is 0. The van der Waals surface area contributed by atoms with Crippen molar-refractivity contribution in [1.82, 2.24) is 5.32 Å². The summed E-state index contributed by atoms with van der Waals surface area (Å²) in [5.74, 6) is -0.245. The van der Waals surface area contributed by atoms with E-state index in [-0.39, 0.29) is 17.9 Å². The number of amides is 2. The maximum atomic E-state index is 12.3. The molecule has 1 atom stereocenters. The summed E-state index contributed by atoms with van der Waals surface area (Å²) in [6, 6.07) is 16.5. The van der Waals surface area contributed by atoms with Gasteiger partial charge in [-0.15, -0.1) is 0 Å². The summed E-state index contributed by atoms with van der Waals surface area (Å²) in [5.41, 5.74) is 1.79. The van der Waals surface area contributed by atoms with Crippen molar-refractivity contribution in [3.05, 3.63) is 60.2 Å². The van der Waals surface area contributed by atoms with Crippen molar-refractivity contribution in [1.29, 1.82) is 0 Å². The Morgan fingerprint density at radius 2 is 1.62 bits per heavy atom. The fraction of sp³-hybridized carbons (Fsp3) is 0.263. The third kappa shape index (κ3) is 4.20. The van der Waals surface area contributed by atoms with Crippen LogP contribution >= 0.6 is 0 Å². The van der Waals surface area contributed by atoms with Crippen molar-refractivity contribution >= 4 is 23.2 Å². The molecule has 1 aliphatic heterocycles. The highest BCUT2D eigenvalue weighted by atomic mass is 16.2. The predicted octanol–water partition coefficient (Wildman–Crippen LogP) is 3.02. The Morgan fingerprint density at radius 1 is 0.958 bits per heavy atom. The molecule has 5 heteroatoms. The SMILES string of the molecule is O=C(CC1CCCN1)Nc1ccccc1NC(=O)c1ccccc1. The molecule has 0 aliphatic carbocycles. The number of nitrogens with one attached hydrogen (secondary N) is 3. The van der Waals surface area contributed by atoms with Crippen LogP contribution in [0.15, 0.2) is 54.6 Å². The van der Waals surface area contributed by atoms with E-state index in [1.54, 1.807) is 24.3 Å². The second kappa shape index (κ2) is 7.75. The van der Waals surface area contributed by atoms with Gasteiger partial charge < -0.3 is 16.0 Å². The number of carbonyl (C=O) groups is 2. The van der Waals surface area contributed by atoms with E-state index in [9.17, 15) is 9.59 Å². The van der Waals surface area contributed by atoms with Gasteiger partial charge in [-0.25, -0.2) is 0 Å². The molecule has 2 aromatic rings. The fourth-order valence-electron chi connectivity index (χ4n) is 2.84. The molecular formula is C19H21N3O2. The van der Waals surface area contributed by atoms with Crippen molar-refractivity contribution < 1.29 is 9.59 Å². The standard InChI is InChI=1S/C19H21N3O2/c23-18(13-15-9-6-12-20-15)21-16-10-4-5-11-17(16)22-19(24)14-7-2-1-3-8-14/h1-5,7-8,10-11,15,20H,6,9,12-13H2,(H,21,23)(H,22,24). The molecule has 124 valence electrons. The minimum Gasteiger partial charge on any atom is -0.324 e. The van der Waals surface area contributed by atoms with E-state index in [0.29, 0.717) is 23.4 Å². The number of para-hydroxylation sites is 2. The molecule has 0 saturated carbocycles. The number of benzene rings is 2. The maximum absolute atomic E-state index is 12.3. The Labute approximate surface area is 141 Å². The highest BCUT2D eigenvalue weighted by Crippen LogP contribution is 2.22. The molecule has 0 radical (unpaired) electrons. The first kappa shape index (κ1) is 16.2. The highest BCUT2D eigenvalue weighted by molar-refractivity contribution is 6.07. The lowest BCUT2D eigenvalue weighted by Gasteiger charge is -2.14. The molecule has 24 heavy (non-hydrogen) atoms. The monoisotopic (exact) mass is 323 g/mol. The molecule has 2 aromatic carbocycles. The molecule has 1 saturated heterocycles. The molecule has 3 rings (SSSR count). The fourth-order valence-corrected chi connectivity index (χ4v) is 2.84. The average molecular weight is 323 g/mol. The number of anilines is 2. The van der Waals surface area contributed by atoms with Crippen LogP contribution < -0.4 is 16.0 Å². The van der Waals surface area contributed by atoms with Gasteiger partial charge in [0.15, 0.2) is 0 Å². The zero-order valence-electron chi connectivity index (χ0n) is 13.4. The molecule has 5 nitrogen and oxygen atoms in total. The summed E-state index contributed by atoms with van der Waals surface area (Å²) in [4.78, 5) is 24.5. The topological polar surface area (TPSA) is 70.2 Å². The Balaban J connectivity index is 1.66.